The quantitative estimate of drug-likeness (QED) is 0.167. The molecule has 0 saturated carbocycles. The molecular weight excluding hydrogens is 456 g/mol. The predicted octanol–water partition coefficient (Wildman–Crippen LogP) is 3.64. The number of non-ortho nitro benzene ring substituents is 1. The van der Waals surface area contributed by atoms with Gasteiger partial charge in [0.2, 0.25) is 0 Å². The highest BCUT2D eigenvalue weighted by Crippen LogP contribution is 2.29. The third-order valence-corrected chi connectivity index (χ3v) is 5.39. The van der Waals surface area contributed by atoms with Gasteiger partial charge in [0.1, 0.15) is 0 Å². The zero-order chi connectivity index (χ0) is 25.3. The molecule has 1 aliphatic heterocycles. The molecule has 0 aromatic heterocycles. The standard InChI is InChI=1S/C25H16N2O8/c1-14(28)15-2-7-18(8-3-15)26-23(30)20-11-6-17(12-21(20)24(26)31)25(32)35-13-22(29)16-4-9-19(10-5-16)27(33)34/h2-12H,13H2,1H3. The van der Waals surface area contributed by atoms with Crippen LogP contribution in [-0.4, -0.2) is 40.9 Å². The Hall–Kier alpha value is -4.99. The first-order chi connectivity index (χ1) is 16.7. The fraction of sp³-hybridized carbons (Fsp3) is 0.0800. The van der Waals surface area contributed by atoms with Gasteiger partial charge in [0, 0.05) is 23.3 Å². The van der Waals surface area contributed by atoms with Crippen molar-refractivity contribution in [3.05, 3.63) is 105 Å². The molecule has 0 atom stereocenters. The molecule has 0 radical (unpaired) electrons. The molecule has 1 heterocycles. The number of ether oxygens (including phenoxy) is 1. The molecule has 0 unspecified atom stereocenters. The van der Waals surface area contributed by atoms with Crippen molar-refractivity contribution < 1.29 is 33.6 Å². The number of hydrogen-bond acceptors (Lipinski definition) is 8. The molecule has 0 N–H and O–H groups in total. The maximum Gasteiger partial charge on any atom is 0.338 e. The highest BCUT2D eigenvalue weighted by molar-refractivity contribution is 6.34. The molecule has 10 heteroatoms. The van der Waals surface area contributed by atoms with Crippen LogP contribution in [0.15, 0.2) is 66.7 Å². The molecule has 4 rings (SSSR count). The summed E-state index contributed by atoms with van der Waals surface area (Å²) in [7, 11) is 0. The molecule has 3 aromatic carbocycles. The van der Waals surface area contributed by atoms with E-state index in [1.54, 1.807) is 0 Å². The molecule has 0 aliphatic carbocycles. The average Bonchev–Trinajstić information content (AvgIpc) is 3.11. The van der Waals surface area contributed by atoms with Crippen LogP contribution in [0.25, 0.3) is 0 Å². The van der Waals surface area contributed by atoms with Crippen LogP contribution >= 0.6 is 0 Å². The molecule has 0 bridgehead atoms. The molecule has 0 fully saturated rings. The largest absolute Gasteiger partial charge is 0.454 e. The number of rotatable bonds is 7. The number of Topliss-reactive ketones (excluding diaryl/α,β-unsaturated/α-hetero) is 2. The first-order valence-electron chi connectivity index (χ1n) is 10.3. The van der Waals surface area contributed by atoms with Gasteiger partial charge in [0.25, 0.3) is 17.5 Å². The molecule has 35 heavy (non-hydrogen) atoms. The second-order valence-electron chi connectivity index (χ2n) is 7.61. The summed E-state index contributed by atoms with van der Waals surface area (Å²) in [6, 6.07) is 14.7. The molecule has 3 aromatic rings. The van der Waals surface area contributed by atoms with Gasteiger partial charge in [-0.15, -0.1) is 0 Å². The van der Waals surface area contributed by atoms with Gasteiger partial charge >= 0.3 is 5.97 Å². The van der Waals surface area contributed by atoms with Crippen molar-refractivity contribution in [3.8, 4) is 0 Å². The highest BCUT2D eigenvalue weighted by atomic mass is 16.6. The minimum atomic E-state index is -0.882. The van der Waals surface area contributed by atoms with Crippen LogP contribution in [0, 0.1) is 10.1 Å². The number of carbonyl (C=O) groups is 5. The summed E-state index contributed by atoms with van der Waals surface area (Å²) < 4.78 is 5.03. The van der Waals surface area contributed by atoms with E-state index in [4.69, 9.17) is 4.74 Å². The lowest BCUT2D eigenvalue weighted by molar-refractivity contribution is -0.384. The fourth-order valence-electron chi connectivity index (χ4n) is 3.51. The SMILES string of the molecule is CC(=O)c1ccc(N2C(=O)c3ccc(C(=O)OCC(=O)c4ccc([N+](=O)[O-])cc4)cc3C2=O)cc1. The number of hydrogen-bond donors (Lipinski definition) is 0. The minimum absolute atomic E-state index is 0.00166. The van der Waals surface area contributed by atoms with Gasteiger partial charge in [-0.25, -0.2) is 9.69 Å². The van der Waals surface area contributed by atoms with Crippen molar-refractivity contribution in [3.63, 3.8) is 0 Å². The topological polar surface area (TPSA) is 141 Å². The smallest absolute Gasteiger partial charge is 0.338 e. The number of carbonyl (C=O) groups excluding carboxylic acids is 5. The third kappa shape index (κ3) is 4.44. The van der Waals surface area contributed by atoms with Gasteiger partial charge in [0.15, 0.2) is 18.2 Å². The minimum Gasteiger partial charge on any atom is -0.454 e. The Morgan fingerprint density at radius 2 is 1.40 bits per heavy atom. The summed E-state index contributed by atoms with van der Waals surface area (Å²) >= 11 is 0. The zero-order valence-corrected chi connectivity index (χ0v) is 18.2. The summed E-state index contributed by atoms with van der Waals surface area (Å²) in [4.78, 5) is 72.9. The number of esters is 1. The Morgan fingerprint density at radius 1 is 0.829 bits per heavy atom. The molecule has 1 aliphatic rings. The van der Waals surface area contributed by atoms with E-state index >= 15 is 0 Å². The normalized spacial score (nSPS) is 12.3. The van der Waals surface area contributed by atoms with E-state index < -0.39 is 35.1 Å². The predicted molar refractivity (Wildman–Crippen MR) is 122 cm³/mol. The van der Waals surface area contributed by atoms with Crippen LogP contribution in [0.5, 0.6) is 0 Å². The Morgan fingerprint density at radius 3 is 2.00 bits per heavy atom. The number of benzene rings is 3. The number of anilines is 1. The summed E-state index contributed by atoms with van der Waals surface area (Å²) in [5.74, 6) is -2.83. The summed E-state index contributed by atoms with van der Waals surface area (Å²) in [6.45, 7) is 0.784. The number of imide groups is 1. The molecular formula is C25H16N2O8. The van der Waals surface area contributed by atoms with Crippen LogP contribution < -0.4 is 4.90 Å². The summed E-state index contributed by atoms with van der Waals surface area (Å²) in [5.41, 5.74) is 0.725. The third-order valence-electron chi connectivity index (χ3n) is 5.39. The van der Waals surface area contributed by atoms with Gasteiger partial charge < -0.3 is 4.74 Å². The van der Waals surface area contributed by atoms with E-state index in [9.17, 15) is 34.1 Å². The van der Waals surface area contributed by atoms with Crippen molar-refractivity contribution in [2.24, 2.45) is 0 Å². The average molecular weight is 472 g/mol. The van der Waals surface area contributed by atoms with Crippen LogP contribution in [0.4, 0.5) is 11.4 Å². The van der Waals surface area contributed by atoms with E-state index in [2.05, 4.69) is 0 Å². The highest BCUT2D eigenvalue weighted by Gasteiger charge is 2.37. The van der Waals surface area contributed by atoms with Gasteiger partial charge in [-0.3, -0.25) is 29.3 Å². The van der Waals surface area contributed by atoms with Crippen molar-refractivity contribution in [1.82, 2.24) is 0 Å². The number of amides is 2. The molecule has 0 spiro atoms. The Labute approximate surface area is 197 Å². The molecule has 0 saturated heterocycles. The van der Waals surface area contributed by atoms with Crippen LogP contribution in [0.3, 0.4) is 0 Å². The van der Waals surface area contributed by atoms with E-state index in [0.717, 1.165) is 17.0 Å². The lowest BCUT2D eigenvalue weighted by atomic mass is 10.1. The molecule has 10 nitrogen and oxygen atoms in total. The molecule has 174 valence electrons. The van der Waals surface area contributed by atoms with Crippen molar-refractivity contribution >= 4 is 40.7 Å². The van der Waals surface area contributed by atoms with Gasteiger partial charge in [-0.05, 0) is 61.5 Å². The van der Waals surface area contributed by atoms with Crippen LogP contribution in [0.1, 0.15) is 58.7 Å². The Bertz CT molecular complexity index is 1410. The monoisotopic (exact) mass is 472 g/mol. The van der Waals surface area contributed by atoms with Crippen molar-refractivity contribution in [1.29, 1.82) is 0 Å². The number of fused-ring (bicyclic) bond motifs is 1. The van der Waals surface area contributed by atoms with E-state index in [0.29, 0.717) is 5.56 Å². The molecule has 2 amide bonds. The first kappa shape index (κ1) is 23.2. The van der Waals surface area contributed by atoms with Gasteiger partial charge in [-0.2, -0.15) is 0 Å². The fourth-order valence-corrected chi connectivity index (χ4v) is 3.51. The second-order valence-corrected chi connectivity index (χ2v) is 7.61. The number of nitro benzene ring substituents is 1. The van der Waals surface area contributed by atoms with Crippen LogP contribution in [-0.2, 0) is 4.74 Å². The Kier molecular flexibility index (Phi) is 6.03. The zero-order valence-electron chi connectivity index (χ0n) is 18.2. The second kappa shape index (κ2) is 9.10. The number of ketones is 2. The lowest BCUT2D eigenvalue weighted by Crippen LogP contribution is -2.29. The summed E-state index contributed by atoms with van der Waals surface area (Å²) in [6.07, 6.45) is 0. The summed E-state index contributed by atoms with van der Waals surface area (Å²) in [5, 5.41) is 10.7. The maximum absolute atomic E-state index is 12.9. The van der Waals surface area contributed by atoms with E-state index in [1.807, 2.05) is 0 Å². The van der Waals surface area contributed by atoms with Crippen molar-refractivity contribution in [2.75, 3.05) is 11.5 Å². The van der Waals surface area contributed by atoms with E-state index in [1.165, 1.54) is 61.5 Å². The Balaban J connectivity index is 1.47. The van der Waals surface area contributed by atoms with Gasteiger partial charge in [0.05, 0.1) is 27.3 Å². The number of nitrogens with zero attached hydrogens (tertiary/aromatic N) is 2. The van der Waals surface area contributed by atoms with Crippen LogP contribution in [0.2, 0.25) is 0 Å². The van der Waals surface area contributed by atoms with Crippen molar-refractivity contribution in [2.45, 2.75) is 6.92 Å². The van der Waals surface area contributed by atoms with Gasteiger partial charge in [-0.1, -0.05) is 0 Å². The maximum atomic E-state index is 12.9. The first-order valence-corrected chi connectivity index (χ1v) is 10.3. The van der Waals surface area contributed by atoms with E-state index in [-0.39, 0.29) is 39.4 Å². The number of nitro groups is 1. The lowest BCUT2D eigenvalue weighted by Gasteiger charge is -2.13.